The van der Waals surface area contributed by atoms with Crippen molar-refractivity contribution < 1.29 is 13.9 Å². The Kier molecular flexibility index (Phi) is 4.01. The summed E-state index contributed by atoms with van der Waals surface area (Å²) in [7, 11) is 0. The molecule has 0 saturated heterocycles. The van der Waals surface area contributed by atoms with Gasteiger partial charge >= 0.3 is 0 Å². The molecule has 25 heavy (non-hydrogen) atoms. The molecule has 2 aromatic carbocycles. The van der Waals surface area contributed by atoms with Crippen molar-refractivity contribution in [1.82, 2.24) is 4.98 Å². The van der Waals surface area contributed by atoms with Gasteiger partial charge in [-0.1, -0.05) is 12.1 Å². The Bertz CT molecular complexity index is 903. The molecule has 1 heterocycles. The molecule has 1 unspecified atom stereocenters. The minimum atomic E-state index is -0.309. The van der Waals surface area contributed by atoms with Crippen LogP contribution in [-0.4, -0.2) is 16.2 Å². The van der Waals surface area contributed by atoms with E-state index in [2.05, 4.69) is 16.4 Å². The van der Waals surface area contributed by atoms with Crippen LogP contribution in [0, 0.1) is 12.7 Å². The van der Waals surface area contributed by atoms with Crippen molar-refractivity contribution in [2.24, 2.45) is 0 Å². The molecule has 1 aliphatic rings. The average Bonchev–Trinajstić information content (AvgIpc) is 2.96. The molecule has 0 amide bonds. The molecular weight excluding hydrogens is 319 g/mol. The zero-order valence-corrected chi connectivity index (χ0v) is 13.9. The monoisotopic (exact) mass is 338 g/mol. The number of fused-ring (bicyclic) bond motifs is 1. The first-order chi connectivity index (χ1) is 12.1. The van der Waals surface area contributed by atoms with Gasteiger partial charge in [0.15, 0.2) is 5.76 Å². The largest absolute Gasteiger partial charge is 0.423 e. The Balaban J connectivity index is 1.64. The summed E-state index contributed by atoms with van der Waals surface area (Å²) in [4.78, 5) is 4.44. The maximum Gasteiger partial charge on any atom is 0.299 e. The number of rotatable bonds is 3. The normalized spacial score (nSPS) is 16.5. The molecule has 4 nitrogen and oxygen atoms in total. The first kappa shape index (κ1) is 15.8. The van der Waals surface area contributed by atoms with E-state index in [1.165, 1.54) is 17.7 Å². The zero-order chi connectivity index (χ0) is 17.4. The standard InChI is InChI=1S/C20H19FN2O2/c1-12-19(14-5-8-15(21)9-6-14)25-20(22-12)23-18-4-2-3-13-7-10-16(24)11-17(13)18/h2-6,8-9,16,24H,7,10-11H2,1H3,(H,22,23). The van der Waals surface area contributed by atoms with Gasteiger partial charge in [-0.15, -0.1) is 0 Å². The summed E-state index contributed by atoms with van der Waals surface area (Å²) >= 11 is 0. The van der Waals surface area contributed by atoms with Gasteiger partial charge in [0.1, 0.15) is 5.82 Å². The number of aliphatic hydroxyl groups excluding tert-OH is 1. The Morgan fingerprint density at radius 1 is 1.20 bits per heavy atom. The van der Waals surface area contributed by atoms with Crippen LogP contribution in [0.4, 0.5) is 16.1 Å². The van der Waals surface area contributed by atoms with Crippen molar-refractivity contribution in [3.05, 3.63) is 65.1 Å². The number of benzene rings is 2. The molecule has 0 bridgehead atoms. The molecule has 5 heteroatoms. The number of oxazole rings is 1. The second-order valence-corrected chi connectivity index (χ2v) is 6.41. The predicted octanol–water partition coefficient (Wildman–Crippen LogP) is 4.38. The number of aliphatic hydroxyl groups is 1. The molecule has 0 saturated carbocycles. The van der Waals surface area contributed by atoms with Gasteiger partial charge in [-0.2, -0.15) is 4.98 Å². The first-order valence-corrected chi connectivity index (χ1v) is 8.39. The van der Waals surface area contributed by atoms with Gasteiger partial charge in [0.05, 0.1) is 11.8 Å². The molecule has 2 N–H and O–H groups in total. The van der Waals surface area contributed by atoms with Crippen molar-refractivity contribution in [3.8, 4) is 11.3 Å². The lowest BCUT2D eigenvalue weighted by atomic mass is 9.88. The fourth-order valence-corrected chi connectivity index (χ4v) is 3.32. The molecule has 0 aliphatic heterocycles. The van der Waals surface area contributed by atoms with Crippen LogP contribution in [0.1, 0.15) is 23.2 Å². The fourth-order valence-electron chi connectivity index (χ4n) is 3.32. The molecule has 4 rings (SSSR count). The van der Waals surface area contributed by atoms with Crippen LogP contribution in [-0.2, 0) is 12.8 Å². The van der Waals surface area contributed by atoms with E-state index in [1.54, 1.807) is 12.1 Å². The van der Waals surface area contributed by atoms with Crippen LogP contribution >= 0.6 is 0 Å². The summed E-state index contributed by atoms with van der Waals surface area (Å²) in [6.45, 7) is 1.86. The van der Waals surface area contributed by atoms with Gasteiger partial charge in [-0.3, -0.25) is 0 Å². The van der Waals surface area contributed by atoms with Crippen LogP contribution in [0.3, 0.4) is 0 Å². The van der Waals surface area contributed by atoms with Crippen molar-refractivity contribution >= 4 is 11.7 Å². The number of anilines is 2. The molecule has 0 spiro atoms. The molecule has 0 radical (unpaired) electrons. The number of aromatic nitrogens is 1. The molecule has 1 aromatic heterocycles. The van der Waals surface area contributed by atoms with E-state index >= 15 is 0 Å². The number of aryl methyl sites for hydroxylation is 2. The Labute approximate surface area is 145 Å². The van der Waals surface area contributed by atoms with E-state index in [9.17, 15) is 9.50 Å². The topological polar surface area (TPSA) is 58.3 Å². The summed E-state index contributed by atoms with van der Waals surface area (Å²) in [5.41, 5.74) is 4.78. The lowest BCUT2D eigenvalue weighted by Gasteiger charge is -2.23. The predicted molar refractivity (Wildman–Crippen MR) is 94.4 cm³/mol. The van der Waals surface area contributed by atoms with Crippen molar-refractivity contribution in [2.75, 3.05) is 5.32 Å². The van der Waals surface area contributed by atoms with Gasteiger partial charge in [-0.25, -0.2) is 4.39 Å². The fraction of sp³-hybridized carbons (Fsp3) is 0.250. The third-order valence-corrected chi connectivity index (χ3v) is 4.60. The maximum absolute atomic E-state index is 13.1. The van der Waals surface area contributed by atoms with E-state index < -0.39 is 0 Å². The highest BCUT2D eigenvalue weighted by molar-refractivity contribution is 5.65. The Morgan fingerprint density at radius 3 is 2.80 bits per heavy atom. The quantitative estimate of drug-likeness (QED) is 0.744. The molecule has 128 valence electrons. The first-order valence-electron chi connectivity index (χ1n) is 8.39. The summed E-state index contributed by atoms with van der Waals surface area (Å²) in [6, 6.07) is 12.6. The molecular formula is C20H19FN2O2. The third-order valence-electron chi connectivity index (χ3n) is 4.60. The van der Waals surface area contributed by atoms with Crippen LogP contribution in [0.5, 0.6) is 0 Å². The Morgan fingerprint density at radius 2 is 2.00 bits per heavy atom. The summed E-state index contributed by atoms with van der Waals surface area (Å²) in [6.07, 6.45) is 1.99. The second kappa shape index (κ2) is 6.33. The highest BCUT2D eigenvalue weighted by Crippen LogP contribution is 2.32. The van der Waals surface area contributed by atoms with Crippen LogP contribution in [0.2, 0.25) is 0 Å². The maximum atomic E-state index is 13.1. The van der Waals surface area contributed by atoms with Gasteiger partial charge in [-0.05, 0) is 61.2 Å². The number of nitrogens with zero attached hydrogens (tertiary/aromatic N) is 1. The van der Waals surface area contributed by atoms with Gasteiger partial charge in [0.2, 0.25) is 0 Å². The van der Waals surface area contributed by atoms with E-state index in [0.29, 0.717) is 18.2 Å². The van der Waals surface area contributed by atoms with Crippen LogP contribution < -0.4 is 5.32 Å². The van der Waals surface area contributed by atoms with Crippen molar-refractivity contribution in [1.29, 1.82) is 0 Å². The van der Waals surface area contributed by atoms with E-state index in [0.717, 1.165) is 35.3 Å². The number of hydrogen-bond donors (Lipinski definition) is 2. The average molecular weight is 338 g/mol. The van der Waals surface area contributed by atoms with Gasteiger partial charge < -0.3 is 14.8 Å². The zero-order valence-electron chi connectivity index (χ0n) is 13.9. The minimum absolute atomic E-state index is 0.284. The SMILES string of the molecule is Cc1nc(Nc2cccc3c2CC(O)CC3)oc1-c1ccc(F)cc1. The Hall–Kier alpha value is -2.66. The highest BCUT2D eigenvalue weighted by atomic mass is 19.1. The number of hydrogen-bond acceptors (Lipinski definition) is 4. The molecule has 0 fully saturated rings. The van der Waals surface area contributed by atoms with E-state index in [4.69, 9.17) is 4.42 Å². The van der Waals surface area contributed by atoms with Crippen LogP contribution in [0.25, 0.3) is 11.3 Å². The molecule has 1 aliphatic carbocycles. The van der Waals surface area contributed by atoms with Gasteiger partial charge in [0, 0.05) is 17.7 Å². The lowest BCUT2D eigenvalue weighted by molar-refractivity contribution is 0.159. The highest BCUT2D eigenvalue weighted by Gasteiger charge is 2.20. The summed E-state index contributed by atoms with van der Waals surface area (Å²) in [5, 5.41) is 13.2. The number of halogens is 1. The second-order valence-electron chi connectivity index (χ2n) is 6.41. The van der Waals surface area contributed by atoms with E-state index in [1.807, 2.05) is 19.1 Å². The summed E-state index contributed by atoms with van der Waals surface area (Å²) < 4.78 is 19.0. The smallest absolute Gasteiger partial charge is 0.299 e. The van der Waals surface area contributed by atoms with Crippen molar-refractivity contribution in [2.45, 2.75) is 32.3 Å². The summed E-state index contributed by atoms with van der Waals surface area (Å²) in [5.74, 6) is 0.334. The molecule has 1 atom stereocenters. The molecule has 3 aromatic rings. The van der Waals surface area contributed by atoms with Crippen molar-refractivity contribution in [3.63, 3.8) is 0 Å². The van der Waals surface area contributed by atoms with Gasteiger partial charge in [0.25, 0.3) is 6.01 Å². The number of nitrogens with one attached hydrogen (secondary N) is 1. The van der Waals surface area contributed by atoms with Crippen LogP contribution in [0.15, 0.2) is 46.9 Å². The minimum Gasteiger partial charge on any atom is -0.423 e. The van der Waals surface area contributed by atoms with E-state index in [-0.39, 0.29) is 11.9 Å². The third kappa shape index (κ3) is 3.15. The lowest BCUT2D eigenvalue weighted by Crippen LogP contribution is -2.19.